The molecule has 1 aliphatic rings. The summed E-state index contributed by atoms with van der Waals surface area (Å²) in [5.41, 5.74) is 3.43. The third kappa shape index (κ3) is 3.61. The lowest BCUT2D eigenvalue weighted by Gasteiger charge is -2.18. The molecule has 2 aromatic carbocycles. The lowest BCUT2D eigenvalue weighted by molar-refractivity contribution is 0.354. The van der Waals surface area contributed by atoms with Crippen molar-refractivity contribution < 1.29 is 22.6 Å². The molecule has 0 fully saturated rings. The van der Waals surface area contributed by atoms with Gasteiger partial charge >= 0.3 is 0 Å². The zero-order chi connectivity index (χ0) is 19.8. The largest absolute Gasteiger partial charge is 0.496 e. The molecule has 0 spiro atoms. The van der Waals surface area contributed by atoms with Crippen LogP contribution in [0.1, 0.15) is 34.7 Å². The molecular formula is C20H25NO5S. The molecule has 1 N–H and O–H groups in total. The SMILES string of the molecule is COc1cc(C)c(S(=O)(=O)NC2CCc3cc(OC)c(OC)cc32)cc1C. The van der Waals surface area contributed by atoms with E-state index in [0.717, 1.165) is 23.1 Å². The van der Waals surface area contributed by atoms with Crippen LogP contribution in [0.3, 0.4) is 0 Å². The highest BCUT2D eigenvalue weighted by atomic mass is 32.2. The van der Waals surface area contributed by atoms with Crippen molar-refractivity contribution in [3.63, 3.8) is 0 Å². The van der Waals surface area contributed by atoms with Crippen molar-refractivity contribution in [2.75, 3.05) is 21.3 Å². The molecular weight excluding hydrogens is 366 g/mol. The summed E-state index contributed by atoms with van der Waals surface area (Å²) >= 11 is 0. The Kier molecular flexibility index (Phi) is 5.35. The molecule has 27 heavy (non-hydrogen) atoms. The number of methoxy groups -OCH3 is 3. The van der Waals surface area contributed by atoms with E-state index in [0.29, 0.717) is 29.2 Å². The van der Waals surface area contributed by atoms with Gasteiger partial charge in [-0.25, -0.2) is 13.1 Å². The van der Waals surface area contributed by atoms with Gasteiger partial charge in [-0.05, 0) is 73.2 Å². The summed E-state index contributed by atoms with van der Waals surface area (Å²) in [5.74, 6) is 1.93. The first-order chi connectivity index (χ1) is 12.8. The van der Waals surface area contributed by atoms with Gasteiger partial charge < -0.3 is 14.2 Å². The maximum absolute atomic E-state index is 13.0. The summed E-state index contributed by atoms with van der Waals surface area (Å²) in [7, 11) is 1.06. The van der Waals surface area contributed by atoms with Crippen LogP contribution in [0.15, 0.2) is 29.2 Å². The molecule has 1 atom stereocenters. The highest BCUT2D eigenvalue weighted by molar-refractivity contribution is 7.89. The summed E-state index contributed by atoms with van der Waals surface area (Å²) in [6.45, 7) is 3.60. The normalized spacial score (nSPS) is 16.1. The van der Waals surface area contributed by atoms with Crippen molar-refractivity contribution in [1.29, 1.82) is 0 Å². The van der Waals surface area contributed by atoms with Gasteiger partial charge in [0.05, 0.1) is 26.2 Å². The highest BCUT2D eigenvalue weighted by Gasteiger charge is 2.30. The number of hydrogen-bond donors (Lipinski definition) is 1. The fraction of sp³-hybridized carbons (Fsp3) is 0.400. The minimum Gasteiger partial charge on any atom is -0.496 e. The predicted molar refractivity (Wildman–Crippen MR) is 103 cm³/mol. The Labute approximate surface area is 160 Å². The molecule has 0 radical (unpaired) electrons. The van der Waals surface area contributed by atoms with Crippen molar-refractivity contribution in [2.45, 2.75) is 37.6 Å². The van der Waals surface area contributed by atoms with Gasteiger partial charge in [0.15, 0.2) is 11.5 Å². The summed E-state index contributed by atoms with van der Waals surface area (Å²) < 4.78 is 44.9. The first kappa shape index (κ1) is 19.5. The van der Waals surface area contributed by atoms with E-state index < -0.39 is 10.0 Å². The lowest BCUT2D eigenvalue weighted by Crippen LogP contribution is -2.28. The molecule has 0 amide bonds. The number of fused-ring (bicyclic) bond motifs is 1. The summed E-state index contributed by atoms with van der Waals surface area (Å²) in [6, 6.07) is 6.89. The van der Waals surface area contributed by atoms with Crippen molar-refractivity contribution in [1.82, 2.24) is 4.72 Å². The first-order valence-electron chi connectivity index (χ1n) is 8.73. The Hall–Kier alpha value is -2.25. The van der Waals surface area contributed by atoms with Gasteiger partial charge in [0.2, 0.25) is 10.0 Å². The van der Waals surface area contributed by atoms with Crippen molar-refractivity contribution in [3.05, 3.63) is 46.5 Å². The molecule has 7 heteroatoms. The number of ether oxygens (including phenoxy) is 3. The average Bonchev–Trinajstić information content (AvgIpc) is 3.02. The van der Waals surface area contributed by atoms with Crippen LogP contribution < -0.4 is 18.9 Å². The third-order valence-electron chi connectivity index (χ3n) is 5.00. The fourth-order valence-electron chi connectivity index (χ4n) is 3.58. The smallest absolute Gasteiger partial charge is 0.241 e. The van der Waals surface area contributed by atoms with E-state index in [4.69, 9.17) is 14.2 Å². The van der Waals surface area contributed by atoms with Crippen molar-refractivity contribution in [3.8, 4) is 17.2 Å². The van der Waals surface area contributed by atoms with Crippen LogP contribution in [-0.4, -0.2) is 29.7 Å². The molecule has 2 aromatic rings. The Morgan fingerprint density at radius 2 is 1.52 bits per heavy atom. The number of sulfonamides is 1. The molecule has 0 saturated heterocycles. The monoisotopic (exact) mass is 391 g/mol. The number of hydrogen-bond acceptors (Lipinski definition) is 5. The maximum atomic E-state index is 13.0. The van der Waals surface area contributed by atoms with Gasteiger partial charge in [0, 0.05) is 6.04 Å². The van der Waals surface area contributed by atoms with Crippen LogP contribution in [0.4, 0.5) is 0 Å². The minimum absolute atomic E-state index is 0.273. The molecule has 146 valence electrons. The Bertz CT molecular complexity index is 969. The van der Waals surface area contributed by atoms with Gasteiger partial charge in [-0.1, -0.05) is 0 Å². The second-order valence-electron chi connectivity index (χ2n) is 6.71. The molecule has 3 rings (SSSR count). The Balaban J connectivity index is 1.94. The van der Waals surface area contributed by atoms with Gasteiger partial charge in [0.1, 0.15) is 5.75 Å². The second kappa shape index (κ2) is 7.40. The third-order valence-corrected chi connectivity index (χ3v) is 6.62. The van der Waals surface area contributed by atoms with E-state index in [9.17, 15) is 8.42 Å². The zero-order valence-corrected chi connectivity index (χ0v) is 17.1. The molecule has 0 aliphatic heterocycles. The standard InChI is InChI=1S/C20H25NO5S/c1-12-9-20(13(2)8-17(12)24-3)27(22,23)21-16-7-6-14-10-18(25-4)19(26-5)11-15(14)16/h8-11,16,21H,6-7H2,1-5H3. The maximum Gasteiger partial charge on any atom is 0.241 e. The predicted octanol–water partition coefficient (Wildman–Crippen LogP) is 3.30. The molecule has 6 nitrogen and oxygen atoms in total. The first-order valence-corrected chi connectivity index (χ1v) is 10.2. The van der Waals surface area contributed by atoms with Crippen molar-refractivity contribution >= 4 is 10.0 Å². The average molecular weight is 391 g/mol. The van der Waals surface area contributed by atoms with E-state index in [1.165, 1.54) is 0 Å². The van der Waals surface area contributed by atoms with Crippen LogP contribution in [0.5, 0.6) is 17.2 Å². The van der Waals surface area contributed by atoms with Gasteiger partial charge in [-0.2, -0.15) is 0 Å². The summed E-state index contributed by atoms with van der Waals surface area (Å²) in [4.78, 5) is 0.273. The molecule has 1 unspecified atom stereocenters. The molecule has 0 aromatic heterocycles. The van der Waals surface area contributed by atoms with Crippen LogP contribution in [0.25, 0.3) is 0 Å². The number of rotatable bonds is 6. The highest BCUT2D eigenvalue weighted by Crippen LogP contribution is 2.40. The van der Waals surface area contributed by atoms with Crippen LogP contribution >= 0.6 is 0 Å². The Morgan fingerprint density at radius 1 is 0.889 bits per heavy atom. The van der Waals surface area contributed by atoms with E-state index in [1.54, 1.807) is 40.4 Å². The topological polar surface area (TPSA) is 73.9 Å². The van der Waals surface area contributed by atoms with Gasteiger partial charge in [0.25, 0.3) is 0 Å². The molecule has 0 saturated carbocycles. The number of benzene rings is 2. The zero-order valence-electron chi connectivity index (χ0n) is 16.3. The van der Waals surface area contributed by atoms with Crippen LogP contribution in [0, 0.1) is 13.8 Å². The van der Waals surface area contributed by atoms with Gasteiger partial charge in [-0.3, -0.25) is 0 Å². The summed E-state index contributed by atoms with van der Waals surface area (Å²) in [5, 5.41) is 0. The van der Waals surface area contributed by atoms with Crippen LogP contribution in [0.2, 0.25) is 0 Å². The molecule has 0 heterocycles. The number of aryl methyl sites for hydroxylation is 3. The van der Waals surface area contributed by atoms with E-state index >= 15 is 0 Å². The molecule has 1 aliphatic carbocycles. The quantitative estimate of drug-likeness (QED) is 0.818. The lowest BCUT2D eigenvalue weighted by atomic mass is 10.1. The minimum atomic E-state index is -3.68. The second-order valence-corrected chi connectivity index (χ2v) is 8.39. The van der Waals surface area contributed by atoms with E-state index in [1.807, 2.05) is 19.1 Å². The Morgan fingerprint density at radius 3 is 2.15 bits per heavy atom. The van der Waals surface area contributed by atoms with E-state index in [-0.39, 0.29) is 10.9 Å². The van der Waals surface area contributed by atoms with Crippen molar-refractivity contribution in [2.24, 2.45) is 0 Å². The molecule has 0 bridgehead atoms. The number of nitrogens with one attached hydrogen (secondary N) is 1. The fourth-order valence-corrected chi connectivity index (χ4v) is 5.14. The van der Waals surface area contributed by atoms with Gasteiger partial charge in [-0.15, -0.1) is 0 Å². The van der Waals surface area contributed by atoms with Crippen LogP contribution in [-0.2, 0) is 16.4 Å². The summed E-state index contributed by atoms with van der Waals surface area (Å²) in [6.07, 6.45) is 1.47. The van der Waals surface area contributed by atoms with E-state index in [2.05, 4.69) is 4.72 Å².